The quantitative estimate of drug-likeness (QED) is 0.768. The van der Waals surface area contributed by atoms with Gasteiger partial charge in [0.25, 0.3) is 0 Å². The van der Waals surface area contributed by atoms with Gasteiger partial charge in [-0.3, -0.25) is 0 Å². The highest BCUT2D eigenvalue weighted by atomic mass is 32.2. The van der Waals surface area contributed by atoms with E-state index >= 15 is 0 Å². The number of hydrogen-bond donors (Lipinski definition) is 0. The fraction of sp³-hybridized carbons (Fsp3) is 1.00. The molecule has 0 aliphatic carbocycles. The summed E-state index contributed by atoms with van der Waals surface area (Å²) < 4.78 is 25.6. The van der Waals surface area contributed by atoms with E-state index < -0.39 is 10.0 Å². The van der Waals surface area contributed by atoms with Crippen molar-refractivity contribution in [2.24, 2.45) is 11.3 Å². The Morgan fingerprint density at radius 3 is 2.31 bits per heavy atom. The Labute approximate surface area is 100 Å². The van der Waals surface area contributed by atoms with E-state index in [1.54, 1.807) is 18.2 Å². The zero-order valence-electron chi connectivity index (χ0n) is 11.2. The first-order chi connectivity index (χ1) is 7.13. The molecule has 0 radical (unpaired) electrons. The molecule has 0 N–H and O–H groups in total. The minimum Gasteiger partial charge on any atom is -0.212 e. The van der Waals surface area contributed by atoms with Crippen LogP contribution in [0.3, 0.4) is 0 Å². The van der Waals surface area contributed by atoms with Gasteiger partial charge in [0, 0.05) is 13.1 Å². The molecule has 0 bridgehead atoms. The highest BCUT2D eigenvalue weighted by Crippen LogP contribution is 2.31. The van der Waals surface area contributed by atoms with Gasteiger partial charge in [-0.25, -0.2) is 12.7 Å². The molecule has 1 atom stereocenters. The summed E-state index contributed by atoms with van der Waals surface area (Å²) in [5.74, 6) is 0.536. The van der Waals surface area contributed by atoms with Gasteiger partial charge in [-0.05, 0) is 38.0 Å². The second-order valence-corrected chi connectivity index (χ2v) is 8.86. The van der Waals surface area contributed by atoms with Crippen LogP contribution in [0.4, 0.5) is 0 Å². The Kier molecular flexibility index (Phi) is 4.06. The summed E-state index contributed by atoms with van der Waals surface area (Å²) in [4.78, 5) is 0. The summed E-state index contributed by atoms with van der Waals surface area (Å²) >= 11 is 0. The van der Waals surface area contributed by atoms with Gasteiger partial charge in [-0.15, -0.1) is 0 Å². The lowest BCUT2D eigenvalue weighted by Gasteiger charge is -2.23. The molecule has 1 heterocycles. The second-order valence-electron chi connectivity index (χ2n) is 6.37. The maximum absolute atomic E-state index is 12.0. The van der Waals surface area contributed by atoms with Crippen LogP contribution in [0.1, 0.15) is 47.5 Å². The van der Waals surface area contributed by atoms with E-state index in [0.717, 1.165) is 19.4 Å². The largest absolute Gasteiger partial charge is 0.216 e. The van der Waals surface area contributed by atoms with Crippen molar-refractivity contribution in [2.75, 3.05) is 13.1 Å². The Morgan fingerprint density at radius 1 is 1.31 bits per heavy atom. The molecule has 0 saturated carbocycles. The molecular formula is C12H25NO2S. The Balaban J connectivity index is 2.60. The van der Waals surface area contributed by atoms with Gasteiger partial charge in [-0.2, -0.15) is 0 Å². The molecule has 1 saturated heterocycles. The van der Waals surface area contributed by atoms with E-state index in [0.29, 0.717) is 17.9 Å². The molecule has 4 heteroatoms. The molecule has 1 rings (SSSR count). The zero-order chi connectivity index (χ0) is 12.6. The van der Waals surface area contributed by atoms with Crippen LogP contribution in [-0.4, -0.2) is 31.1 Å². The van der Waals surface area contributed by atoms with E-state index in [1.807, 2.05) is 0 Å². The van der Waals surface area contributed by atoms with Gasteiger partial charge in [-0.1, -0.05) is 20.8 Å². The highest BCUT2D eigenvalue weighted by Gasteiger charge is 2.34. The predicted molar refractivity (Wildman–Crippen MR) is 67.8 cm³/mol. The first-order valence-corrected chi connectivity index (χ1v) is 7.62. The van der Waals surface area contributed by atoms with E-state index in [1.165, 1.54) is 0 Å². The van der Waals surface area contributed by atoms with E-state index in [4.69, 9.17) is 0 Å². The van der Waals surface area contributed by atoms with Gasteiger partial charge in [0.2, 0.25) is 10.0 Å². The van der Waals surface area contributed by atoms with Crippen molar-refractivity contribution in [3.63, 3.8) is 0 Å². The van der Waals surface area contributed by atoms with Crippen LogP contribution >= 0.6 is 0 Å². The molecule has 1 aliphatic rings. The Morgan fingerprint density at radius 2 is 1.88 bits per heavy atom. The van der Waals surface area contributed by atoms with Crippen LogP contribution in [0.25, 0.3) is 0 Å². The zero-order valence-corrected chi connectivity index (χ0v) is 12.0. The van der Waals surface area contributed by atoms with Crippen molar-refractivity contribution in [1.82, 2.24) is 4.31 Å². The number of rotatable bonds is 3. The van der Waals surface area contributed by atoms with Crippen molar-refractivity contribution >= 4 is 10.0 Å². The lowest BCUT2D eigenvalue weighted by molar-refractivity contribution is 0.299. The first-order valence-electron chi connectivity index (χ1n) is 6.12. The highest BCUT2D eigenvalue weighted by molar-refractivity contribution is 7.89. The standard InChI is InChI=1S/C12H25NO2S/c1-10(2)16(14,15)13-7-6-11(9-13)8-12(3,4)5/h10-11H,6-9H2,1-5H3. The molecule has 0 aromatic rings. The van der Waals surface area contributed by atoms with Gasteiger partial charge < -0.3 is 0 Å². The number of sulfonamides is 1. The molecule has 0 amide bonds. The second kappa shape index (κ2) is 4.65. The molecule has 0 spiro atoms. The summed E-state index contributed by atoms with van der Waals surface area (Å²) in [5.41, 5.74) is 0.294. The molecule has 1 aliphatic heterocycles. The van der Waals surface area contributed by atoms with E-state index in [9.17, 15) is 8.42 Å². The SMILES string of the molecule is CC(C)S(=O)(=O)N1CCC(CC(C)(C)C)C1. The summed E-state index contributed by atoms with van der Waals surface area (Å²) in [7, 11) is -3.03. The van der Waals surface area contributed by atoms with Crippen LogP contribution in [0.5, 0.6) is 0 Å². The molecule has 0 aromatic carbocycles. The van der Waals surface area contributed by atoms with E-state index in [2.05, 4.69) is 20.8 Å². The maximum atomic E-state index is 12.0. The van der Waals surface area contributed by atoms with Crippen LogP contribution in [0, 0.1) is 11.3 Å². The van der Waals surface area contributed by atoms with Gasteiger partial charge >= 0.3 is 0 Å². The molecular weight excluding hydrogens is 222 g/mol. The van der Waals surface area contributed by atoms with Crippen molar-refractivity contribution in [3.8, 4) is 0 Å². The smallest absolute Gasteiger partial charge is 0.212 e. The van der Waals surface area contributed by atoms with Crippen LogP contribution in [0.2, 0.25) is 0 Å². The minimum atomic E-state index is -3.03. The summed E-state index contributed by atoms with van der Waals surface area (Å²) in [6, 6.07) is 0. The Hall–Kier alpha value is -0.0900. The number of nitrogens with zero attached hydrogens (tertiary/aromatic N) is 1. The molecule has 1 fully saturated rings. The van der Waals surface area contributed by atoms with E-state index in [-0.39, 0.29) is 5.25 Å². The van der Waals surface area contributed by atoms with Crippen molar-refractivity contribution in [2.45, 2.75) is 52.7 Å². The summed E-state index contributed by atoms with van der Waals surface area (Å²) in [6.07, 6.45) is 2.13. The third-order valence-electron chi connectivity index (χ3n) is 3.11. The monoisotopic (exact) mass is 247 g/mol. The first kappa shape index (κ1) is 14.0. The molecule has 3 nitrogen and oxygen atoms in total. The summed E-state index contributed by atoms with van der Waals surface area (Å²) in [6.45, 7) is 11.6. The fourth-order valence-corrected chi connectivity index (χ4v) is 3.73. The lowest BCUT2D eigenvalue weighted by Crippen LogP contribution is -2.34. The molecule has 1 unspecified atom stereocenters. The van der Waals surface area contributed by atoms with Gasteiger partial charge in [0.15, 0.2) is 0 Å². The van der Waals surface area contributed by atoms with Gasteiger partial charge in [0.1, 0.15) is 0 Å². The van der Waals surface area contributed by atoms with Crippen LogP contribution in [0.15, 0.2) is 0 Å². The van der Waals surface area contributed by atoms with Crippen molar-refractivity contribution in [3.05, 3.63) is 0 Å². The molecule has 0 aromatic heterocycles. The van der Waals surface area contributed by atoms with Crippen molar-refractivity contribution in [1.29, 1.82) is 0 Å². The van der Waals surface area contributed by atoms with Gasteiger partial charge in [0.05, 0.1) is 5.25 Å². The minimum absolute atomic E-state index is 0.291. The summed E-state index contributed by atoms with van der Waals surface area (Å²) in [5, 5.41) is -0.291. The number of hydrogen-bond acceptors (Lipinski definition) is 2. The third kappa shape index (κ3) is 3.45. The maximum Gasteiger partial charge on any atom is 0.216 e. The third-order valence-corrected chi connectivity index (χ3v) is 5.35. The molecule has 96 valence electrons. The average Bonchev–Trinajstić information content (AvgIpc) is 2.49. The van der Waals surface area contributed by atoms with Crippen LogP contribution < -0.4 is 0 Å². The average molecular weight is 247 g/mol. The van der Waals surface area contributed by atoms with Crippen molar-refractivity contribution < 1.29 is 8.42 Å². The normalized spacial score (nSPS) is 24.2. The molecule has 16 heavy (non-hydrogen) atoms. The predicted octanol–water partition coefficient (Wildman–Crippen LogP) is 2.48. The van der Waals surface area contributed by atoms with Crippen LogP contribution in [-0.2, 0) is 10.0 Å². The Bertz CT molecular complexity index is 327. The lowest BCUT2D eigenvalue weighted by atomic mass is 9.84. The topological polar surface area (TPSA) is 37.4 Å². The fourth-order valence-electron chi connectivity index (χ4n) is 2.36.